The molecule has 0 saturated carbocycles. The molecule has 1 atom stereocenters. The van der Waals surface area contributed by atoms with Crippen molar-refractivity contribution in [2.24, 2.45) is 0 Å². The molecule has 1 amide bonds. The molecule has 3 rings (SSSR count). The lowest BCUT2D eigenvalue weighted by Gasteiger charge is -2.21. The lowest BCUT2D eigenvalue weighted by atomic mass is 9.99. The fourth-order valence-electron chi connectivity index (χ4n) is 3.43. The van der Waals surface area contributed by atoms with E-state index in [1.807, 2.05) is 11.8 Å². The zero-order chi connectivity index (χ0) is 15.5. The molecular formula is C15H25N5O2. The van der Waals surface area contributed by atoms with E-state index in [-0.39, 0.29) is 11.6 Å². The van der Waals surface area contributed by atoms with Gasteiger partial charge in [0.2, 0.25) is 5.91 Å². The van der Waals surface area contributed by atoms with Gasteiger partial charge < -0.3 is 10.2 Å². The lowest BCUT2D eigenvalue weighted by molar-refractivity contribution is -0.127. The van der Waals surface area contributed by atoms with E-state index in [0.717, 1.165) is 44.7 Å². The van der Waals surface area contributed by atoms with Gasteiger partial charge in [0.1, 0.15) is 5.82 Å². The van der Waals surface area contributed by atoms with Crippen LogP contribution in [0.3, 0.4) is 0 Å². The van der Waals surface area contributed by atoms with Gasteiger partial charge >= 0.3 is 5.69 Å². The van der Waals surface area contributed by atoms with E-state index < -0.39 is 0 Å². The van der Waals surface area contributed by atoms with Gasteiger partial charge in [0, 0.05) is 38.5 Å². The van der Waals surface area contributed by atoms with E-state index in [1.165, 1.54) is 0 Å². The molecule has 0 aromatic carbocycles. The largest absolute Gasteiger partial charge is 0.345 e. The molecule has 7 heteroatoms. The lowest BCUT2D eigenvalue weighted by Crippen LogP contribution is -2.33. The SMILES string of the molecule is CCn1c(C2CCCNC2)nn(CCN2CCCC2=O)c1=O. The number of carbonyl (C=O) groups excluding carboxylic acids is 1. The Bertz CT molecular complexity index is 585. The van der Waals surface area contributed by atoms with Crippen LogP contribution in [0.5, 0.6) is 0 Å². The zero-order valence-corrected chi connectivity index (χ0v) is 13.3. The molecule has 122 valence electrons. The number of nitrogens with zero attached hydrogens (tertiary/aromatic N) is 4. The molecule has 0 bridgehead atoms. The van der Waals surface area contributed by atoms with Gasteiger partial charge in [-0.05, 0) is 32.7 Å². The maximum absolute atomic E-state index is 12.5. The second kappa shape index (κ2) is 6.64. The van der Waals surface area contributed by atoms with E-state index in [2.05, 4.69) is 10.4 Å². The van der Waals surface area contributed by atoms with E-state index in [1.54, 1.807) is 9.25 Å². The standard InChI is InChI=1S/C15H25N5O2/c1-2-19-14(12-5-3-7-16-11-12)17-20(15(19)22)10-9-18-8-4-6-13(18)21/h12,16H,2-11H2,1H3. The van der Waals surface area contributed by atoms with Crippen molar-refractivity contribution in [1.82, 2.24) is 24.6 Å². The van der Waals surface area contributed by atoms with Gasteiger partial charge in [-0.2, -0.15) is 5.10 Å². The highest BCUT2D eigenvalue weighted by Crippen LogP contribution is 2.20. The smallest absolute Gasteiger partial charge is 0.341 e. The highest BCUT2D eigenvalue weighted by Gasteiger charge is 2.24. The van der Waals surface area contributed by atoms with Crippen molar-refractivity contribution in [2.75, 3.05) is 26.2 Å². The summed E-state index contributed by atoms with van der Waals surface area (Å²) in [5.41, 5.74) is -0.0466. The second-order valence-electron chi connectivity index (χ2n) is 6.14. The number of piperidine rings is 1. The summed E-state index contributed by atoms with van der Waals surface area (Å²) in [6.45, 7) is 6.45. The van der Waals surface area contributed by atoms with E-state index in [0.29, 0.717) is 32.0 Å². The monoisotopic (exact) mass is 307 g/mol. The summed E-state index contributed by atoms with van der Waals surface area (Å²) in [7, 11) is 0. The predicted molar refractivity (Wildman–Crippen MR) is 82.8 cm³/mol. The van der Waals surface area contributed by atoms with Crippen LogP contribution in [0.25, 0.3) is 0 Å². The topological polar surface area (TPSA) is 72.2 Å². The van der Waals surface area contributed by atoms with Crippen molar-refractivity contribution in [3.8, 4) is 0 Å². The van der Waals surface area contributed by atoms with E-state index in [4.69, 9.17) is 0 Å². The molecule has 3 heterocycles. The van der Waals surface area contributed by atoms with Gasteiger partial charge in [0.25, 0.3) is 0 Å². The molecule has 1 N–H and O–H groups in total. The molecule has 22 heavy (non-hydrogen) atoms. The molecular weight excluding hydrogens is 282 g/mol. The Morgan fingerprint density at radius 3 is 2.77 bits per heavy atom. The van der Waals surface area contributed by atoms with E-state index >= 15 is 0 Å². The first kappa shape index (κ1) is 15.3. The Balaban J connectivity index is 1.75. The summed E-state index contributed by atoms with van der Waals surface area (Å²) in [6.07, 6.45) is 3.76. The average Bonchev–Trinajstić information content (AvgIpc) is 3.09. The van der Waals surface area contributed by atoms with Crippen molar-refractivity contribution in [3.63, 3.8) is 0 Å². The van der Waals surface area contributed by atoms with Crippen LogP contribution in [-0.2, 0) is 17.9 Å². The highest BCUT2D eigenvalue weighted by molar-refractivity contribution is 5.77. The molecule has 2 aliphatic heterocycles. The fraction of sp³-hybridized carbons (Fsp3) is 0.800. The molecule has 1 aromatic rings. The third-order valence-electron chi connectivity index (χ3n) is 4.68. The Morgan fingerprint density at radius 2 is 2.14 bits per heavy atom. The van der Waals surface area contributed by atoms with Gasteiger partial charge in [0.05, 0.1) is 6.54 Å². The van der Waals surface area contributed by atoms with Gasteiger partial charge in [-0.25, -0.2) is 9.48 Å². The Morgan fingerprint density at radius 1 is 1.27 bits per heavy atom. The first-order chi connectivity index (χ1) is 10.7. The van der Waals surface area contributed by atoms with Crippen LogP contribution >= 0.6 is 0 Å². The molecule has 2 fully saturated rings. The minimum atomic E-state index is -0.0466. The number of nitrogens with one attached hydrogen (secondary N) is 1. The Kier molecular flexibility index (Phi) is 4.61. The predicted octanol–water partition coefficient (Wildman–Crippen LogP) is 0.154. The first-order valence-electron chi connectivity index (χ1n) is 8.36. The number of hydrogen-bond acceptors (Lipinski definition) is 4. The number of aromatic nitrogens is 3. The summed E-state index contributed by atoms with van der Waals surface area (Å²) >= 11 is 0. The summed E-state index contributed by atoms with van der Waals surface area (Å²) in [5.74, 6) is 1.41. The molecule has 1 aromatic heterocycles. The molecule has 0 aliphatic carbocycles. The summed E-state index contributed by atoms with van der Waals surface area (Å²) < 4.78 is 3.32. The zero-order valence-electron chi connectivity index (χ0n) is 13.3. The highest BCUT2D eigenvalue weighted by atomic mass is 16.2. The van der Waals surface area contributed by atoms with Crippen molar-refractivity contribution in [2.45, 2.75) is 51.6 Å². The van der Waals surface area contributed by atoms with Crippen LogP contribution in [0.4, 0.5) is 0 Å². The van der Waals surface area contributed by atoms with Crippen molar-refractivity contribution < 1.29 is 4.79 Å². The fourth-order valence-corrected chi connectivity index (χ4v) is 3.43. The summed E-state index contributed by atoms with van der Waals surface area (Å²) in [6, 6.07) is 0. The van der Waals surface area contributed by atoms with Crippen LogP contribution in [-0.4, -0.2) is 51.3 Å². The third kappa shape index (κ3) is 2.95. The average molecular weight is 307 g/mol. The van der Waals surface area contributed by atoms with Gasteiger partial charge in [-0.3, -0.25) is 9.36 Å². The molecule has 2 aliphatic rings. The molecule has 1 unspecified atom stereocenters. The first-order valence-corrected chi connectivity index (χ1v) is 8.36. The van der Waals surface area contributed by atoms with Crippen LogP contribution in [0.15, 0.2) is 4.79 Å². The quantitative estimate of drug-likeness (QED) is 0.841. The number of hydrogen-bond donors (Lipinski definition) is 1. The third-order valence-corrected chi connectivity index (χ3v) is 4.68. The van der Waals surface area contributed by atoms with Crippen molar-refractivity contribution >= 4 is 5.91 Å². The maximum Gasteiger partial charge on any atom is 0.345 e. The summed E-state index contributed by atoms with van der Waals surface area (Å²) in [4.78, 5) is 26.0. The Hall–Kier alpha value is -1.63. The number of likely N-dealkylation sites (tertiary alicyclic amines) is 1. The van der Waals surface area contributed by atoms with Crippen LogP contribution in [0.1, 0.15) is 44.3 Å². The van der Waals surface area contributed by atoms with Gasteiger partial charge in [-0.1, -0.05) is 0 Å². The maximum atomic E-state index is 12.5. The minimum absolute atomic E-state index is 0.0466. The molecule has 0 spiro atoms. The summed E-state index contributed by atoms with van der Waals surface area (Å²) in [5, 5.41) is 7.96. The number of rotatable bonds is 5. The van der Waals surface area contributed by atoms with Crippen molar-refractivity contribution in [3.05, 3.63) is 16.3 Å². The second-order valence-corrected chi connectivity index (χ2v) is 6.14. The van der Waals surface area contributed by atoms with Crippen LogP contribution in [0, 0.1) is 0 Å². The number of amides is 1. The minimum Gasteiger partial charge on any atom is -0.341 e. The van der Waals surface area contributed by atoms with Crippen molar-refractivity contribution in [1.29, 1.82) is 0 Å². The van der Waals surface area contributed by atoms with Gasteiger partial charge in [-0.15, -0.1) is 0 Å². The Labute approximate surface area is 130 Å². The number of carbonyl (C=O) groups is 1. The van der Waals surface area contributed by atoms with Gasteiger partial charge in [0.15, 0.2) is 0 Å². The van der Waals surface area contributed by atoms with Crippen LogP contribution in [0.2, 0.25) is 0 Å². The normalized spacial score (nSPS) is 22.5. The molecule has 2 saturated heterocycles. The molecule has 7 nitrogen and oxygen atoms in total. The molecule has 0 radical (unpaired) electrons. The van der Waals surface area contributed by atoms with E-state index in [9.17, 15) is 9.59 Å². The van der Waals surface area contributed by atoms with Crippen LogP contribution < -0.4 is 11.0 Å².